The third-order valence-electron chi connectivity index (χ3n) is 4.61. The summed E-state index contributed by atoms with van der Waals surface area (Å²) in [4.78, 5) is 31.1. The van der Waals surface area contributed by atoms with Crippen molar-refractivity contribution < 1.29 is 23.5 Å². The van der Waals surface area contributed by atoms with Crippen LogP contribution in [0.1, 0.15) is 0 Å². The Morgan fingerprint density at radius 1 is 1.03 bits per heavy atom. The number of halogens is 1. The minimum Gasteiger partial charge on any atom is -0.465 e. The number of carbonyl (C=O) groups is 2. The molecule has 156 valence electrons. The number of rotatable bonds is 4. The van der Waals surface area contributed by atoms with Crippen molar-refractivity contribution >= 4 is 51.3 Å². The Morgan fingerprint density at radius 2 is 1.84 bits per heavy atom. The van der Waals surface area contributed by atoms with Gasteiger partial charge in [-0.25, -0.2) is 14.6 Å². The molecule has 0 N–H and O–H groups in total. The summed E-state index contributed by atoms with van der Waals surface area (Å²) in [6.45, 7) is 0. The van der Waals surface area contributed by atoms with E-state index in [9.17, 15) is 9.59 Å². The maximum atomic E-state index is 12.6. The van der Waals surface area contributed by atoms with E-state index in [0.717, 1.165) is 9.13 Å². The van der Waals surface area contributed by atoms with Gasteiger partial charge in [-0.15, -0.1) is 0 Å². The van der Waals surface area contributed by atoms with Crippen molar-refractivity contribution in [3.05, 3.63) is 81.7 Å². The SMILES string of the molecule is COC(=O)C1=C(C(=O)OC)N(c2ccc3oc(-c4cccc(I)c4)nc3c2)C=CC=C1. The van der Waals surface area contributed by atoms with E-state index < -0.39 is 11.9 Å². The highest BCUT2D eigenvalue weighted by molar-refractivity contribution is 14.1. The van der Waals surface area contributed by atoms with Crippen molar-refractivity contribution in [2.75, 3.05) is 19.1 Å². The Hall–Kier alpha value is -3.40. The number of aromatic nitrogens is 1. The Bertz CT molecular complexity index is 1270. The molecule has 2 aromatic carbocycles. The molecule has 0 bridgehead atoms. The largest absolute Gasteiger partial charge is 0.465 e. The molecular formula is C23H17IN2O5. The third kappa shape index (κ3) is 4.11. The van der Waals surface area contributed by atoms with Gasteiger partial charge in [-0.1, -0.05) is 12.1 Å². The number of hydrogen-bond donors (Lipinski definition) is 0. The van der Waals surface area contributed by atoms with Crippen LogP contribution in [0.2, 0.25) is 0 Å². The highest BCUT2D eigenvalue weighted by atomic mass is 127. The monoisotopic (exact) mass is 528 g/mol. The van der Waals surface area contributed by atoms with Gasteiger partial charge >= 0.3 is 11.9 Å². The molecule has 0 atom stereocenters. The second kappa shape index (κ2) is 8.76. The number of carbonyl (C=O) groups excluding carboxylic acids is 2. The summed E-state index contributed by atoms with van der Waals surface area (Å²) in [6.07, 6.45) is 6.54. The summed E-state index contributed by atoms with van der Waals surface area (Å²) < 4.78 is 16.8. The molecule has 1 aliphatic rings. The lowest BCUT2D eigenvalue weighted by Gasteiger charge is -2.22. The molecule has 4 rings (SSSR count). The number of esters is 2. The van der Waals surface area contributed by atoms with Gasteiger partial charge in [-0.3, -0.25) is 0 Å². The first-order valence-electron chi connectivity index (χ1n) is 9.23. The van der Waals surface area contributed by atoms with Crippen LogP contribution in [-0.2, 0) is 19.1 Å². The fraction of sp³-hybridized carbons (Fsp3) is 0.0870. The normalized spacial score (nSPS) is 13.5. The van der Waals surface area contributed by atoms with Gasteiger partial charge in [0.15, 0.2) is 5.58 Å². The molecule has 7 nitrogen and oxygen atoms in total. The molecule has 0 amide bonds. The van der Waals surface area contributed by atoms with Gasteiger partial charge in [-0.05, 0) is 71.1 Å². The molecule has 1 aromatic heterocycles. The zero-order valence-corrected chi connectivity index (χ0v) is 18.8. The molecule has 0 radical (unpaired) electrons. The van der Waals surface area contributed by atoms with Crippen molar-refractivity contribution in [1.29, 1.82) is 0 Å². The van der Waals surface area contributed by atoms with Crippen molar-refractivity contribution in [2.24, 2.45) is 0 Å². The highest BCUT2D eigenvalue weighted by Crippen LogP contribution is 2.31. The number of nitrogens with zero attached hydrogens (tertiary/aromatic N) is 2. The molecule has 3 aromatic rings. The molecule has 0 fully saturated rings. The second-order valence-electron chi connectivity index (χ2n) is 6.50. The first-order chi connectivity index (χ1) is 15.0. The van der Waals surface area contributed by atoms with Crippen molar-refractivity contribution in [3.63, 3.8) is 0 Å². The molecule has 31 heavy (non-hydrogen) atoms. The average molecular weight is 528 g/mol. The summed E-state index contributed by atoms with van der Waals surface area (Å²) in [6, 6.07) is 13.2. The average Bonchev–Trinajstić information content (AvgIpc) is 3.09. The minimum absolute atomic E-state index is 0.0417. The van der Waals surface area contributed by atoms with E-state index in [0.29, 0.717) is 22.7 Å². The Labute approximate surface area is 191 Å². The number of methoxy groups -OCH3 is 2. The molecule has 0 saturated carbocycles. The standard InChI is InChI=1S/C23H17IN2O5/c1-29-22(27)17-8-3-4-11-26(20(17)23(28)30-2)16-9-10-19-18(13-16)25-21(31-19)14-6-5-7-15(24)12-14/h3-13H,1-2H3. The molecule has 0 spiro atoms. The van der Waals surface area contributed by atoms with Gasteiger partial charge < -0.3 is 18.8 Å². The predicted molar refractivity (Wildman–Crippen MR) is 124 cm³/mol. The van der Waals surface area contributed by atoms with Crippen molar-refractivity contribution in [2.45, 2.75) is 0 Å². The number of ether oxygens (including phenoxy) is 2. The van der Waals surface area contributed by atoms with Crippen LogP contribution in [0, 0.1) is 3.57 Å². The van der Waals surface area contributed by atoms with Crippen LogP contribution in [-0.4, -0.2) is 31.1 Å². The molecule has 1 aliphatic heterocycles. The molecule has 8 heteroatoms. The second-order valence-corrected chi connectivity index (χ2v) is 7.74. The zero-order chi connectivity index (χ0) is 22.0. The number of fused-ring (bicyclic) bond motifs is 1. The lowest BCUT2D eigenvalue weighted by atomic mass is 10.1. The molecule has 0 saturated heterocycles. The quantitative estimate of drug-likeness (QED) is 0.362. The summed E-state index contributed by atoms with van der Waals surface area (Å²) in [7, 11) is 2.52. The molecule has 0 unspecified atom stereocenters. The number of benzene rings is 2. The van der Waals surface area contributed by atoms with E-state index in [1.807, 2.05) is 24.3 Å². The topological polar surface area (TPSA) is 81.9 Å². The van der Waals surface area contributed by atoms with Gasteiger partial charge in [0.2, 0.25) is 5.89 Å². The smallest absolute Gasteiger partial charge is 0.355 e. The maximum absolute atomic E-state index is 12.6. The van der Waals surface area contributed by atoms with Crippen LogP contribution in [0.4, 0.5) is 5.69 Å². The summed E-state index contributed by atoms with van der Waals surface area (Å²) in [5, 5.41) is 0. The number of allylic oxidation sites excluding steroid dienone is 2. The minimum atomic E-state index is -0.670. The van der Waals surface area contributed by atoms with Crippen LogP contribution < -0.4 is 4.90 Å². The Kier molecular flexibility index (Phi) is 5.90. The first kappa shape index (κ1) is 20.9. The number of hydrogen-bond acceptors (Lipinski definition) is 7. The van der Waals surface area contributed by atoms with Gasteiger partial charge in [0.25, 0.3) is 0 Å². The lowest BCUT2D eigenvalue weighted by Crippen LogP contribution is -2.26. The van der Waals surface area contributed by atoms with E-state index in [2.05, 4.69) is 27.6 Å². The van der Waals surface area contributed by atoms with Crippen LogP contribution in [0.25, 0.3) is 22.6 Å². The summed E-state index contributed by atoms with van der Waals surface area (Å²) in [5.74, 6) is -0.817. The molecule has 2 heterocycles. The van der Waals surface area contributed by atoms with Gasteiger partial charge in [0, 0.05) is 21.0 Å². The van der Waals surface area contributed by atoms with Crippen molar-refractivity contribution in [3.8, 4) is 11.5 Å². The fourth-order valence-electron chi connectivity index (χ4n) is 3.18. The Balaban J connectivity index is 1.82. The maximum Gasteiger partial charge on any atom is 0.355 e. The summed E-state index contributed by atoms with van der Waals surface area (Å²) in [5.41, 5.74) is 2.81. The van der Waals surface area contributed by atoms with Gasteiger partial charge in [-0.2, -0.15) is 0 Å². The molecule has 0 aliphatic carbocycles. The van der Waals surface area contributed by atoms with E-state index >= 15 is 0 Å². The number of oxazole rings is 1. The van der Waals surface area contributed by atoms with Crippen molar-refractivity contribution in [1.82, 2.24) is 4.98 Å². The first-order valence-corrected chi connectivity index (χ1v) is 10.3. The predicted octanol–water partition coefficient (Wildman–Crippen LogP) is 4.59. The van der Waals surface area contributed by atoms with E-state index in [1.54, 1.807) is 41.5 Å². The van der Waals surface area contributed by atoms with Crippen LogP contribution in [0.5, 0.6) is 0 Å². The van der Waals surface area contributed by atoms with Crippen LogP contribution in [0.15, 0.2) is 82.6 Å². The zero-order valence-electron chi connectivity index (χ0n) is 16.7. The van der Waals surface area contributed by atoms with Crippen LogP contribution in [0.3, 0.4) is 0 Å². The van der Waals surface area contributed by atoms with E-state index in [-0.39, 0.29) is 11.3 Å². The fourth-order valence-corrected chi connectivity index (χ4v) is 3.72. The third-order valence-corrected chi connectivity index (χ3v) is 5.28. The Morgan fingerprint density at radius 3 is 2.58 bits per heavy atom. The lowest BCUT2D eigenvalue weighted by molar-refractivity contribution is -0.139. The number of anilines is 1. The highest BCUT2D eigenvalue weighted by Gasteiger charge is 2.27. The van der Waals surface area contributed by atoms with Gasteiger partial charge in [0.1, 0.15) is 11.2 Å². The van der Waals surface area contributed by atoms with Gasteiger partial charge in [0.05, 0.1) is 19.8 Å². The van der Waals surface area contributed by atoms with Crippen LogP contribution >= 0.6 is 22.6 Å². The van der Waals surface area contributed by atoms with E-state index in [1.165, 1.54) is 20.3 Å². The van der Waals surface area contributed by atoms with E-state index in [4.69, 9.17) is 13.9 Å². The molecular weight excluding hydrogens is 511 g/mol. The summed E-state index contributed by atoms with van der Waals surface area (Å²) >= 11 is 2.23.